The Labute approximate surface area is 204 Å². The van der Waals surface area contributed by atoms with Crippen LogP contribution in [0.15, 0.2) is 72.8 Å². The van der Waals surface area contributed by atoms with Gasteiger partial charge in [0.1, 0.15) is 22.4 Å². The van der Waals surface area contributed by atoms with E-state index >= 15 is 0 Å². The van der Waals surface area contributed by atoms with Gasteiger partial charge in [0, 0.05) is 24.8 Å². The van der Waals surface area contributed by atoms with Crippen LogP contribution in [-0.2, 0) is 21.1 Å². The molecule has 0 spiro atoms. The summed E-state index contributed by atoms with van der Waals surface area (Å²) in [7, 11) is 3.22. The Bertz CT molecular complexity index is 1140. The predicted octanol–water partition coefficient (Wildman–Crippen LogP) is 6.42. The molecule has 1 aromatic heterocycles. The third kappa shape index (κ3) is 6.48. The molecule has 1 heterocycles. The first-order valence-corrected chi connectivity index (χ1v) is 12.0. The second-order valence-electron chi connectivity index (χ2n) is 7.69. The van der Waals surface area contributed by atoms with Crippen molar-refractivity contribution in [3.8, 4) is 38.0 Å². The van der Waals surface area contributed by atoms with E-state index in [0.717, 1.165) is 63.0 Å². The number of methoxy groups -OCH3 is 1. The molecule has 0 saturated heterocycles. The van der Waals surface area contributed by atoms with Gasteiger partial charge in [-0.3, -0.25) is 0 Å². The van der Waals surface area contributed by atoms with Crippen LogP contribution in [0.5, 0.6) is 5.75 Å². The van der Waals surface area contributed by atoms with E-state index in [1.54, 1.807) is 18.4 Å². The smallest absolute Gasteiger partial charge is 0.148 e. The van der Waals surface area contributed by atoms with E-state index in [0.29, 0.717) is 13.2 Å². The Morgan fingerprint density at radius 3 is 1.76 bits per heavy atom. The van der Waals surface area contributed by atoms with Crippen LogP contribution in [0, 0.1) is 0 Å². The summed E-state index contributed by atoms with van der Waals surface area (Å²) in [5.41, 5.74) is 5.41. The number of nitrogens with zero attached hydrogens (tertiary/aromatic N) is 2. The minimum Gasteiger partial charge on any atom is -0.494 e. The van der Waals surface area contributed by atoms with Crippen LogP contribution >= 0.6 is 11.3 Å². The molecule has 3 aromatic carbocycles. The molecule has 0 unspecified atom stereocenters. The van der Waals surface area contributed by atoms with Gasteiger partial charge in [-0.2, -0.15) is 0 Å². The van der Waals surface area contributed by atoms with Crippen molar-refractivity contribution in [2.45, 2.75) is 19.4 Å². The number of unbranched alkanes of at least 4 members (excludes halogenated alkanes) is 1. The summed E-state index contributed by atoms with van der Waals surface area (Å²) in [4.78, 5) is 9.62. The molecule has 0 amide bonds. The van der Waals surface area contributed by atoms with Gasteiger partial charge in [-0.25, -0.2) is 9.78 Å². The number of benzene rings is 3. The van der Waals surface area contributed by atoms with Crippen molar-refractivity contribution in [3.63, 3.8) is 0 Å². The minimum atomic E-state index is 0.412. The normalized spacial score (nSPS) is 11.0. The zero-order chi connectivity index (χ0) is 23.6. The second-order valence-corrected chi connectivity index (χ2v) is 8.67. The monoisotopic (exact) mass is 476 g/mol. The van der Waals surface area contributed by atoms with Crippen molar-refractivity contribution in [2.75, 3.05) is 27.4 Å². The number of hydrogen-bond donors (Lipinski definition) is 0. The second kappa shape index (κ2) is 12.4. The van der Waals surface area contributed by atoms with Gasteiger partial charge in [-0.05, 0) is 41.7 Å². The van der Waals surface area contributed by atoms with Crippen molar-refractivity contribution in [2.24, 2.45) is 0 Å². The molecule has 0 atom stereocenters. The third-order valence-corrected chi connectivity index (χ3v) is 6.32. The fourth-order valence-corrected chi connectivity index (χ4v) is 4.27. The summed E-state index contributed by atoms with van der Waals surface area (Å²) in [6, 6.07) is 24.7. The fraction of sp³-hybridized carbons (Fsp3) is 0.259. The van der Waals surface area contributed by atoms with Gasteiger partial charge in [-0.15, -0.1) is 10.2 Å². The highest BCUT2D eigenvalue weighted by Gasteiger charge is 2.09. The summed E-state index contributed by atoms with van der Waals surface area (Å²) >= 11 is 1.58. The van der Waals surface area contributed by atoms with Crippen LogP contribution in [0.1, 0.15) is 18.4 Å². The van der Waals surface area contributed by atoms with E-state index in [2.05, 4.69) is 51.5 Å². The summed E-state index contributed by atoms with van der Waals surface area (Å²) in [5, 5.41) is 10.6. The molecule has 0 bridgehead atoms. The molecular weight excluding hydrogens is 448 g/mol. The SMILES string of the molecule is COCCCCOc1ccc(-c2ccc(-c3nnc(-c4ccc(COOC)cc4)s3)cc2)cc1. The maximum Gasteiger partial charge on any atom is 0.148 e. The summed E-state index contributed by atoms with van der Waals surface area (Å²) in [6.07, 6.45) is 1.99. The predicted molar refractivity (Wildman–Crippen MR) is 135 cm³/mol. The van der Waals surface area contributed by atoms with E-state index in [1.165, 1.54) is 7.11 Å². The van der Waals surface area contributed by atoms with Gasteiger partial charge < -0.3 is 9.47 Å². The molecule has 0 N–H and O–H groups in total. The van der Waals surface area contributed by atoms with E-state index in [9.17, 15) is 0 Å². The molecule has 0 saturated carbocycles. The Morgan fingerprint density at radius 1 is 0.647 bits per heavy atom. The average molecular weight is 477 g/mol. The maximum absolute atomic E-state index is 5.80. The zero-order valence-corrected chi connectivity index (χ0v) is 20.2. The lowest BCUT2D eigenvalue weighted by molar-refractivity contribution is -0.282. The van der Waals surface area contributed by atoms with Crippen LogP contribution in [0.3, 0.4) is 0 Å². The standard InChI is InChI=1S/C27H28N2O4S/c1-30-17-3-4-18-32-25-15-13-22(14-16-25)21-9-11-24(12-10-21)27-29-28-26(34-27)23-7-5-20(6-8-23)19-33-31-2/h5-16H,3-4,17-19H2,1-2H3. The molecule has 0 radical (unpaired) electrons. The van der Waals surface area contributed by atoms with E-state index in [1.807, 2.05) is 36.4 Å². The van der Waals surface area contributed by atoms with Gasteiger partial charge in [0.25, 0.3) is 0 Å². The van der Waals surface area contributed by atoms with Gasteiger partial charge >= 0.3 is 0 Å². The highest BCUT2D eigenvalue weighted by atomic mass is 32.1. The molecule has 0 fully saturated rings. The van der Waals surface area contributed by atoms with Gasteiger partial charge in [-0.1, -0.05) is 72.0 Å². The highest BCUT2D eigenvalue weighted by molar-refractivity contribution is 7.17. The molecule has 176 valence electrons. The summed E-state index contributed by atoms with van der Waals surface area (Å²) < 4.78 is 10.9. The van der Waals surface area contributed by atoms with E-state index < -0.39 is 0 Å². The Hall–Kier alpha value is -3.10. The van der Waals surface area contributed by atoms with Crippen LogP contribution in [0.4, 0.5) is 0 Å². The number of ether oxygens (including phenoxy) is 2. The van der Waals surface area contributed by atoms with Gasteiger partial charge in [0.05, 0.1) is 13.7 Å². The van der Waals surface area contributed by atoms with Gasteiger partial charge in [0.2, 0.25) is 0 Å². The molecule has 34 heavy (non-hydrogen) atoms. The van der Waals surface area contributed by atoms with Crippen LogP contribution in [0.2, 0.25) is 0 Å². The Kier molecular flexibility index (Phi) is 8.76. The molecule has 0 aliphatic carbocycles. The first kappa shape index (κ1) is 24.0. The minimum absolute atomic E-state index is 0.412. The van der Waals surface area contributed by atoms with Gasteiger partial charge in [0.15, 0.2) is 0 Å². The average Bonchev–Trinajstić information content (AvgIpc) is 3.39. The van der Waals surface area contributed by atoms with Crippen molar-refractivity contribution < 1.29 is 19.2 Å². The van der Waals surface area contributed by atoms with Crippen LogP contribution < -0.4 is 4.74 Å². The van der Waals surface area contributed by atoms with E-state index in [4.69, 9.17) is 14.4 Å². The maximum atomic E-state index is 5.80. The lowest BCUT2D eigenvalue weighted by Crippen LogP contribution is -1.99. The van der Waals surface area contributed by atoms with Crippen molar-refractivity contribution in [1.29, 1.82) is 0 Å². The molecule has 0 aliphatic rings. The first-order valence-electron chi connectivity index (χ1n) is 11.2. The number of rotatable bonds is 12. The molecule has 7 heteroatoms. The van der Waals surface area contributed by atoms with Crippen LogP contribution in [0.25, 0.3) is 32.3 Å². The third-order valence-electron chi connectivity index (χ3n) is 5.30. The van der Waals surface area contributed by atoms with Crippen LogP contribution in [-0.4, -0.2) is 37.6 Å². The van der Waals surface area contributed by atoms with Crippen molar-refractivity contribution in [3.05, 3.63) is 78.4 Å². The molecular formula is C27H28N2O4S. The molecule has 6 nitrogen and oxygen atoms in total. The largest absolute Gasteiger partial charge is 0.494 e. The molecule has 0 aliphatic heterocycles. The first-order chi connectivity index (χ1) is 16.8. The Balaban J connectivity index is 1.37. The summed E-state index contributed by atoms with van der Waals surface area (Å²) in [6.45, 7) is 1.89. The summed E-state index contributed by atoms with van der Waals surface area (Å²) in [5.74, 6) is 0.887. The topological polar surface area (TPSA) is 62.7 Å². The Morgan fingerprint density at radius 2 is 1.18 bits per heavy atom. The lowest BCUT2D eigenvalue weighted by Gasteiger charge is -2.08. The number of aromatic nitrogens is 2. The van der Waals surface area contributed by atoms with Crippen molar-refractivity contribution in [1.82, 2.24) is 10.2 Å². The van der Waals surface area contributed by atoms with E-state index in [-0.39, 0.29) is 0 Å². The highest BCUT2D eigenvalue weighted by Crippen LogP contribution is 2.31. The fourth-order valence-electron chi connectivity index (χ4n) is 3.41. The number of hydrogen-bond acceptors (Lipinski definition) is 7. The quantitative estimate of drug-likeness (QED) is 0.134. The lowest BCUT2D eigenvalue weighted by atomic mass is 10.0. The molecule has 4 aromatic rings. The van der Waals surface area contributed by atoms with Crippen molar-refractivity contribution >= 4 is 11.3 Å². The zero-order valence-electron chi connectivity index (χ0n) is 19.4. The molecule has 4 rings (SSSR count).